The standard InChI is InChI=1S/C24H25N5O2S/c1-15(19-13-16-9-10-18(19)12-16)29-22(20-8-5-11-30-20)26-28-24(29)32-14-21-25-27-23(31-21)17-6-3-2-4-7-17/h2-8,11,15-16,18-19H,9-10,12-14H2,1H3/t15-,16+,18+,19-/m1/s1. The third kappa shape index (κ3) is 3.56. The number of aromatic nitrogens is 5. The van der Waals surface area contributed by atoms with Gasteiger partial charge in [0.2, 0.25) is 17.6 Å². The van der Waals surface area contributed by atoms with E-state index in [1.165, 1.54) is 25.7 Å². The van der Waals surface area contributed by atoms with E-state index in [2.05, 4.69) is 31.9 Å². The summed E-state index contributed by atoms with van der Waals surface area (Å²) in [5, 5.41) is 18.3. The monoisotopic (exact) mass is 447 g/mol. The van der Waals surface area contributed by atoms with Crippen LogP contribution in [0.25, 0.3) is 23.0 Å². The van der Waals surface area contributed by atoms with Crippen LogP contribution in [0.4, 0.5) is 0 Å². The number of furan rings is 1. The summed E-state index contributed by atoms with van der Waals surface area (Å²) in [6.07, 6.45) is 7.11. The number of thioether (sulfide) groups is 1. The second-order valence-corrected chi connectivity index (χ2v) is 9.83. The molecule has 2 fully saturated rings. The summed E-state index contributed by atoms with van der Waals surface area (Å²) in [6, 6.07) is 14.0. The van der Waals surface area contributed by atoms with Crippen LogP contribution in [-0.2, 0) is 5.75 Å². The van der Waals surface area contributed by atoms with Crippen molar-refractivity contribution in [1.82, 2.24) is 25.0 Å². The molecule has 2 saturated carbocycles. The number of hydrogen-bond acceptors (Lipinski definition) is 7. The number of fused-ring (bicyclic) bond motifs is 2. The summed E-state index contributed by atoms with van der Waals surface area (Å²) in [6.45, 7) is 2.31. The quantitative estimate of drug-likeness (QED) is 0.327. The highest BCUT2D eigenvalue weighted by molar-refractivity contribution is 7.98. The van der Waals surface area contributed by atoms with Crippen molar-refractivity contribution < 1.29 is 8.83 Å². The van der Waals surface area contributed by atoms with Crippen LogP contribution in [-0.4, -0.2) is 25.0 Å². The lowest BCUT2D eigenvalue weighted by Crippen LogP contribution is -2.23. The molecule has 0 radical (unpaired) electrons. The lowest BCUT2D eigenvalue weighted by Gasteiger charge is -2.30. The van der Waals surface area contributed by atoms with Crippen molar-refractivity contribution in [2.75, 3.05) is 0 Å². The minimum absolute atomic E-state index is 0.311. The van der Waals surface area contributed by atoms with Gasteiger partial charge in [0.25, 0.3) is 0 Å². The van der Waals surface area contributed by atoms with E-state index in [0.717, 1.165) is 34.1 Å². The first-order valence-corrected chi connectivity index (χ1v) is 12.2. The molecular formula is C24H25N5O2S. The summed E-state index contributed by atoms with van der Waals surface area (Å²) >= 11 is 1.59. The normalized spacial score (nSPS) is 23.1. The molecule has 0 unspecified atom stereocenters. The van der Waals surface area contributed by atoms with Gasteiger partial charge in [-0.15, -0.1) is 20.4 Å². The van der Waals surface area contributed by atoms with Crippen molar-refractivity contribution in [1.29, 1.82) is 0 Å². The maximum atomic E-state index is 5.89. The van der Waals surface area contributed by atoms with E-state index < -0.39 is 0 Å². The van der Waals surface area contributed by atoms with Gasteiger partial charge in [-0.1, -0.05) is 36.4 Å². The largest absolute Gasteiger partial charge is 0.461 e. The van der Waals surface area contributed by atoms with Gasteiger partial charge in [-0.3, -0.25) is 4.57 Å². The molecule has 3 heterocycles. The predicted molar refractivity (Wildman–Crippen MR) is 121 cm³/mol. The Morgan fingerprint density at radius 3 is 2.69 bits per heavy atom. The predicted octanol–water partition coefficient (Wildman–Crippen LogP) is 5.88. The molecule has 7 nitrogen and oxygen atoms in total. The Hall–Kier alpha value is -2.87. The molecule has 2 bridgehead atoms. The van der Waals surface area contributed by atoms with Gasteiger partial charge >= 0.3 is 0 Å². The Morgan fingerprint density at radius 2 is 1.94 bits per heavy atom. The molecule has 164 valence electrons. The SMILES string of the molecule is C[C@H]([C@H]1C[C@H]2CC[C@H]1C2)n1c(SCc2nnc(-c3ccccc3)o2)nnc1-c1ccco1. The van der Waals surface area contributed by atoms with Crippen molar-refractivity contribution in [3.8, 4) is 23.0 Å². The van der Waals surface area contributed by atoms with E-state index in [1.54, 1.807) is 18.0 Å². The summed E-state index contributed by atoms with van der Waals surface area (Å²) < 4.78 is 13.8. The zero-order valence-corrected chi connectivity index (χ0v) is 18.7. The van der Waals surface area contributed by atoms with E-state index in [-0.39, 0.29) is 0 Å². The lowest BCUT2D eigenvalue weighted by atomic mass is 9.84. The number of hydrogen-bond donors (Lipinski definition) is 0. The highest BCUT2D eigenvalue weighted by atomic mass is 32.2. The van der Waals surface area contributed by atoms with Crippen LogP contribution in [0.2, 0.25) is 0 Å². The molecule has 4 atom stereocenters. The van der Waals surface area contributed by atoms with E-state index in [1.807, 2.05) is 42.5 Å². The molecule has 2 aliphatic carbocycles. The van der Waals surface area contributed by atoms with Gasteiger partial charge < -0.3 is 8.83 Å². The third-order valence-corrected chi connectivity index (χ3v) is 7.97. The van der Waals surface area contributed by atoms with Crippen LogP contribution >= 0.6 is 11.8 Å². The average molecular weight is 448 g/mol. The second kappa shape index (κ2) is 8.24. The fraction of sp³-hybridized carbons (Fsp3) is 0.417. The maximum absolute atomic E-state index is 5.89. The Labute approximate surface area is 190 Å². The van der Waals surface area contributed by atoms with Crippen molar-refractivity contribution in [2.24, 2.45) is 17.8 Å². The zero-order chi connectivity index (χ0) is 21.5. The van der Waals surface area contributed by atoms with Crippen LogP contribution in [0.5, 0.6) is 0 Å². The molecule has 8 heteroatoms. The molecule has 2 aliphatic rings. The highest BCUT2D eigenvalue weighted by Crippen LogP contribution is 2.53. The molecule has 4 aromatic rings. The molecule has 3 aromatic heterocycles. The summed E-state index contributed by atoms with van der Waals surface area (Å²) in [4.78, 5) is 0. The molecule has 0 spiro atoms. The van der Waals surface area contributed by atoms with Gasteiger partial charge in [-0.05, 0) is 68.2 Å². The van der Waals surface area contributed by atoms with Crippen LogP contribution in [0.15, 0.2) is 62.7 Å². The molecule has 1 aromatic carbocycles. The zero-order valence-electron chi connectivity index (χ0n) is 17.9. The van der Waals surface area contributed by atoms with E-state index >= 15 is 0 Å². The number of rotatable bonds is 7. The van der Waals surface area contributed by atoms with Crippen molar-refractivity contribution in [2.45, 2.75) is 49.6 Å². The minimum atomic E-state index is 0.311. The summed E-state index contributed by atoms with van der Waals surface area (Å²) in [7, 11) is 0. The third-order valence-electron chi connectivity index (χ3n) is 7.04. The van der Waals surface area contributed by atoms with Crippen LogP contribution in [0, 0.1) is 17.8 Å². The molecule has 6 rings (SSSR count). The van der Waals surface area contributed by atoms with Gasteiger partial charge in [-0.2, -0.15) is 0 Å². The van der Waals surface area contributed by atoms with E-state index in [0.29, 0.717) is 29.5 Å². The fourth-order valence-corrected chi connectivity index (χ4v) is 6.39. The first-order chi connectivity index (χ1) is 15.8. The Balaban J connectivity index is 1.26. The van der Waals surface area contributed by atoms with Crippen LogP contribution in [0.3, 0.4) is 0 Å². The van der Waals surface area contributed by atoms with Gasteiger partial charge in [-0.25, -0.2) is 0 Å². The lowest BCUT2D eigenvalue weighted by molar-refractivity contribution is 0.235. The average Bonchev–Trinajstić information content (AvgIpc) is 3.66. The number of nitrogens with zero attached hydrogens (tertiary/aromatic N) is 5. The van der Waals surface area contributed by atoms with Crippen molar-refractivity contribution in [3.05, 3.63) is 54.6 Å². The van der Waals surface area contributed by atoms with Crippen molar-refractivity contribution in [3.63, 3.8) is 0 Å². The Morgan fingerprint density at radius 1 is 1.03 bits per heavy atom. The molecule has 0 saturated heterocycles. The Kier molecular flexibility index (Phi) is 5.09. The number of benzene rings is 1. The Bertz CT molecular complexity index is 1190. The van der Waals surface area contributed by atoms with Gasteiger partial charge in [0.1, 0.15) is 0 Å². The van der Waals surface area contributed by atoms with E-state index in [9.17, 15) is 0 Å². The molecule has 0 N–H and O–H groups in total. The van der Waals surface area contributed by atoms with Gasteiger partial charge in [0, 0.05) is 11.6 Å². The molecule has 32 heavy (non-hydrogen) atoms. The smallest absolute Gasteiger partial charge is 0.247 e. The fourth-order valence-electron chi connectivity index (χ4n) is 5.53. The van der Waals surface area contributed by atoms with E-state index in [4.69, 9.17) is 8.83 Å². The molecule has 0 aliphatic heterocycles. The minimum Gasteiger partial charge on any atom is -0.461 e. The first-order valence-electron chi connectivity index (χ1n) is 11.3. The summed E-state index contributed by atoms with van der Waals surface area (Å²) in [5.41, 5.74) is 0.921. The first kappa shape index (κ1) is 19.8. The topological polar surface area (TPSA) is 82.8 Å². The van der Waals surface area contributed by atoms with Gasteiger partial charge in [0.15, 0.2) is 10.9 Å². The van der Waals surface area contributed by atoms with Crippen molar-refractivity contribution >= 4 is 11.8 Å². The highest BCUT2D eigenvalue weighted by Gasteiger charge is 2.43. The molecule has 0 amide bonds. The summed E-state index contributed by atoms with van der Waals surface area (Å²) in [5.74, 6) is 5.56. The molecular weight excluding hydrogens is 422 g/mol. The maximum Gasteiger partial charge on any atom is 0.247 e. The van der Waals surface area contributed by atoms with Crippen LogP contribution < -0.4 is 0 Å². The second-order valence-electron chi connectivity index (χ2n) is 8.89. The van der Waals surface area contributed by atoms with Crippen LogP contribution in [0.1, 0.15) is 44.5 Å². The van der Waals surface area contributed by atoms with Gasteiger partial charge in [0.05, 0.1) is 12.0 Å².